The van der Waals surface area contributed by atoms with E-state index in [2.05, 4.69) is 0 Å². The molecule has 0 aliphatic heterocycles. The van der Waals surface area contributed by atoms with Gasteiger partial charge in [0.05, 0.1) is 6.61 Å². The van der Waals surface area contributed by atoms with Crippen molar-refractivity contribution in [1.29, 1.82) is 0 Å². The maximum absolute atomic E-state index is 11.2. The van der Waals surface area contributed by atoms with Crippen LogP contribution in [-0.4, -0.2) is 22.4 Å². The molecule has 3 nitrogen and oxygen atoms in total. The van der Waals surface area contributed by atoms with Gasteiger partial charge in [-0.05, 0) is 49.7 Å². The molecule has 2 aromatic carbocycles. The molecule has 2 aromatic rings. The Balaban J connectivity index is 1.92. The predicted octanol–water partition coefficient (Wildman–Crippen LogP) is 4.92. The quantitative estimate of drug-likeness (QED) is 0.720. The Kier molecular flexibility index (Phi) is 5.97. The number of benzene rings is 2. The molecule has 0 unspecified atom stereocenters. The molecular formula is C18H19ClO3S. The SMILES string of the molecule is CC(C)(Sc1cccc(OCCc2ccc(Cl)cc2)c1)C(=O)O. The Bertz CT molecular complexity index is 668. The molecule has 0 atom stereocenters. The lowest BCUT2D eigenvalue weighted by molar-refractivity contribution is -0.138. The van der Waals surface area contributed by atoms with Crippen LogP contribution >= 0.6 is 23.4 Å². The first kappa shape index (κ1) is 17.7. The van der Waals surface area contributed by atoms with Crippen LogP contribution in [0.4, 0.5) is 0 Å². The van der Waals surface area contributed by atoms with Gasteiger partial charge in [0.2, 0.25) is 0 Å². The fraction of sp³-hybridized carbons (Fsp3) is 0.278. The van der Waals surface area contributed by atoms with Crippen LogP contribution in [0.2, 0.25) is 5.02 Å². The van der Waals surface area contributed by atoms with Crippen molar-refractivity contribution in [1.82, 2.24) is 0 Å². The number of carboxylic acid groups (broad SMARTS) is 1. The van der Waals surface area contributed by atoms with Crippen molar-refractivity contribution in [3.63, 3.8) is 0 Å². The summed E-state index contributed by atoms with van der Waals surface area (Å²) in [5.41, 5.74) is 1.16. The summed E-state index contributed by atoms with van der Waals surface area (Å²) in [6.45, 7) is 3.93. The molecule has 0 heterocycles. The second kappa shape index (κ2) is 7.75. The van der Waals surface area contributed by atoms with Crippen LogP contribution in [0, 0.1) is 0 Å². The highest BCUT2D eigenvalue weighted by Gasteiger charge is 2.28. The average Bonchev–Trinajstić information content (AvgIpc) is 2.49. The Morgan fingerprint density at radius 3 is 2.57 bits per heavy atom. The third-order valence-electron chi connectivity index (χ3n) is 3.27. The highest BCUT2D eigenvalue weighted by molar-refractivity contribution is 8.01. The molecule has 0 bridgehead atoms. The minimum atomic E-state index is -0.873. The van der Waals surface area contributed by atoms with Gasteiger partial charge in [0.15, 0.2) is 0 Å². The van der Waals surface area contributed by atoms with Gasteiger partial charge in [-0.3, -0.25) is 4.79 Å². The molecule has 0 aliphatic rings. The monoisotopic (exact) mass is 350 g/mol. The molecule has 0 fully saturated rings. The zero-order valence-electron chi connectivity index (χ0n) is 13.1. The summed E-state index contributed by atoms with van der Waals surface area (Å²) in [6, 6.07) is 15.2. The Morgan fingerprint density at radius 1 is 1.22 bits per heavy atom. The summed E-state index contributed by atoms with van der Waals surface area (Å²) in [5, 5.41) is 9.92. The standard InChI is InChI=1S/C18H19ClO3S/c1-18(2,17(20)21)23-16-5-3-4-15(12-16)22-11-10-13-6-8-14(19)9-7-13/h3-9,12H,10-11H2,1-2H3,(H,20,21). The van der Waals surface area contributed by atoms with Gasteiger partial charge >= 0.3 is 5.97 Å². The smallest absolute Gasteiger partial charge is 0.319 e. The largest absolute Gasteiger partial charge is 0.493 e. The van der Waals surface area contributed by atoms with Crippen molar-refractivity contribution in [3.8, 4) is 5.75 Å². The number of carbonyl (C=O) groups is 1. The van der Waals surface area contributed by atoms with E-state index in [1.165, 1.54) is 11.8 Å². The van der Waals surface area contributed by atoms with E-state index in [1.807, 2.05) is 48.5 Å². The zero-order valence-corrected chi connectivity index (χ0v) is 14.7. The van der Waals surface area contributed by atoms with Crippen LogP contribution in [0.5, 0.6) is 5.75 Å². The van der Waals surface area contributed by atoms with E-state index in [0.29, 0.717) is 6.61 Å². The Morgan fingerprint density at radius 2 is 1.91 bits per heavy atom. The summed E-state index contributed by atoms with van der Waals surface area (Å²) in [6.07, 6.45) is 0.787. The van der Waals surface area contributed by atoms with Crippen LogP contribution in [0.25, 0.3) is 0 Å². The molecule has 0 aliphatic carbocycles. The number of aliphatic carboxylic acids is 1. The fourth-order valence-corrected chi connectivity index (χ4v) is 3.03. The number of halogens is 1. The fourth-order valence-electron chi connectivity index (χ4n) is 1.90. The first-order valence-electron chi connectivity index (χ1n) is 7.26. The minimum absolute atomic E-state index is 0.554. The van der Waals surface area contributed by atoms with Crippen molar-refractivity contribution < 1.29 is 14.6 Å². The lowest BCUT2D eigenvalue weighted by Gasteiger charge is -2.18. The minimum Gasteiger partial charge on any atom is -0.493 e. The number of hydrogen-bond donors (Lipinski definition) is 1. The highest BCUT2D eigenvalue weighted by Crippen LogP contribution is 2.34. The first-order valence-corrected chi connectivity index (χ1v) is 8.46. The number of ether oxygens (including phenoxy) is 1. The van der Waals surface area contributed by atoms with E-state index >= 15 is 0 Å². The van der Waals surface area contributed by atoms with E-state index in [-0.39, 0.29) is 0 Å². The molecular weight excluding hydrogens is 332 g/mol. The summed E-state index contributed by atoms with van der Waals surface area (Å²) < 4.78 is 4.89. The molecule has 5 heteroatoms. The summed E-state index contributed by atoms with van der Waals surface area (Å²) >= 11 is 7.16. The van der Waals surface area contributed by atoms with E-state index < -0.39 is 10.7 Å². The van der Waals surface area contributed by atoms with Crippen LogP contribution in [0.3, 0.4) is 0 Å². The third-order valence-corrected chi connectivity index (χ3v) is 4.69. The second-order valence-electron chi connectivity index (χ2n) is 5.62. The molecule has 0 aromatic heterocycles. The van der Waals surface area contributed by atoms with Crippen LogP contribution < -0.4 is 4.74 Å². The maximum Gasteiger partial charge on any atom is 0.319 e. The molecule has 0 radical (unpaired) electrons. The van der Waals surface area contributed by atoms with E-state index in [9.17, 15) is 9.90 Å². The van der Waals surface area contributed by atoms with Crippen molar-refractivity contribution >= 4 is 29.3 Å². The van der Waals surface area contributed by atoms with Crippen LogP contribution in [0.1, 0.15) is 19.4 Å². The van der Waals surface area contributed by atoms with Gasteiger partial charge < -0.3 is 9.84 Å². The lowest BCUT2D eigenvalue weighted by atomic mass is 10.2. The van der Waals surface area contributed by atoms with E-state index in [0.717, 1.165) is 27.7 Å². The molecule has 0 amide bonds. The predicted molar refractivity (Wildman–Crippen MR) is 94.7 cm³/mol. The molecule has 1 N–H and O–H groups in total. The molecule has 23 heavy (non-hydrogen) atoms. The van der Waals surface area contributed by atoms with E-state index in [4.69, 9.17) is 16.3 Å². The maximum atomic E-state index is 11.2. The number of hydrogen-bond acceptors (Lipinski definition) is 3. The molecule has 0 spiro atoms. The van der Waals surface area contributed by atoms with Crippen molar-refractivity contribution in [2.75, 3.05) is 6.61 Å². The number of rotatable bonds is 7. The van der Waals surface area contributed by atoms with Crippen LogP contribution in [-0.2, 0) is 11.2 Å². The van der Waals surface area contributed by atoms with Gasteiger partial charge in [-0.25, -0.2) is 0 Å². The van der Waals surface area contributed by atoms with Gasteiger partial charge in [0.1, 0.15) is 10.5 Å². The van der Waals surface area contributed by atoms with Crippen molar-refractivity contribution in [2.24, 2.45) is 0 Å². The van der Waals surface area contributed by atoms with Gasteiger partial charge in [-0.2, -0.15) is 0 Å². The number of carboxylic acids is 1. The van der Waals surface area contributed by atoms with Gasteiger partial charge in [-0.1, -0.05) is 29.8 Å². The second-order valence-corrected chi connectivity index (χ2v) is 7.75. The van der Waals surface area contributed by atoms with Crippen molar-refractivity contribution in [2.45, 2.75) is 29.9 Å². The molecule has 0 saturated carbocycles. The summed E-state index contributed by atoms with van der Waals surface area (Å²) in [5.74, 6) is -0.0956. The van der Waals surface area contributed by atoms with Gasteiger partial charge in [0, 0.05) is 16.3 Å². The zero-order chi connectivity index (χ0) is 16.9. The highest BCUT2D eigenvalue weighted by atomic mass is 35.5. The Hall–Kier alpha value is -1.65. The van der Waals surface area contributed by atoms with Crippen LogP contribution in [0.15, 0.2) is 53.4 Å². The molecule has 122 valence electrons. The van der Waals surface area contributed by atoms with Gasteiger partial charge in [-0.15, -0.1) is 11.8 Å². The first-order chi connectivity index (χ1) is 10.9. The third kappa shape index (κ3) is 5.48. The topological polar surface area (TPSA) is 46.5 Å². The average molecular weight is 351 g/mol. The van der Waals surface area contributed by atoms with Gasteiger partial charge in [0.25, 0.3) is 0 Å². The number of thioether (sulfide) groups is 1. The normalized spacial score (nSPS) is 11.3. The summed E-state index contributed by atoms with van der Waals surface area (Å²) in [7, 11) is 0. The van der Waals surface area contributed by atoms with Crippen molar-refractivity contribution in [3.05, 3.63) is 59.1 Å². The Labute approximate surface area is 145 Å². The molecule has 0 saturated heterocycles. The summed E-state index contributed by atoms with van der Waals surface area (Å²) in [4.78, 5) is 12.1. The molecule has 2 rings (SSSR count). The lowest BCUT2D eigenvalue weighted by Crippen LogP contribution is -2.26. The van der Waals surface area contributed by atoms with E-state index in [1.54, 1.807) is 13.8 Å².